The van der Waals surface area contributed by atoms with Crippen LogP contribution in [0.5, 0.6) is 0 Å². The smallest absolute Gasteiger partial charge is 0.303 e. The van der Waals surface area contributed by atoms with E-state index >= 15 is 0 Å². The number of benzene rings is 3. The van der Waals surface area contributed by atoms with Crippen LogP contribution in [0.2, 0.25) is 0 Å². The van der Waals surface area contributed by atoms with Gasteiger partial charge in [-0.2, -0.15) is 11.8 Å². The van der Waals surface area contributed by atoms with Crippen LogP contribution in [0.1, 0.15) is 53.9 Å². The topological polar surface area (TPSA) is 125 Å². The first kappa shape index (κ1) is 29.8. The summed E-state index contributed by atoms with van der Waals surface area (Å²) in [6, 6.07) is 23.7. The number of aliphatic carboxylic acids is 1. The molecule has 0 radical (unpaired) electrons. The van der Waals surface area contributed by atoms with Crippen LogP contribution in [0, 0.1) is 0 Å². The molecule has 0 saturated carbocycles. The Morgan fingerprint density at radius 1 is 0.875 bits per heavy atom. The van der Waals surface area contributed by atoms with Gasteiger partial charge in [-0.25, -0.2) is 0 Å². The minimum atomic E-state index is -0.993. The molecule has 0 aliphatic carbocycles. The summed E-state index contributed by atoms with van der Waals surface area (Å²) in [5, 5.41) is 30.1. The van der Waals surface area contributed by atoms with E-state index in [2.05, 4.69) is 5.32 Å². The second-order valence-corrected chi connectivity index (χ2v) is 10.8. The van der Waals surface area contributed by atoms with Crippen molar-refractivity contribution in [1.82, 2.24) is 5.32 Å². The van der Waals surface area contributed by atoms with Crippen LogP contribution in [-0.4, -0.2) is 51.4 Å². The van der Waals surface area contributed by atoms with Gasteiger partial charge in [-0.3, -0.25) is 9.59 Å². The van der Waals surface area contributed by atoms with Gasteiger partial charge in [0, 0.05) is 36.5 Å². The highest BCUT2D eigenvalue weighted by Crippen LogP contribution is 2.39. The number of carbonyl (C=O) groups is 2. The third kappa shape index (κ3) is 8.64. The van der Waals surface area contributed by atoms with E-state index in [1.54, 1.807) is 11.8 Å². The zero-order chi connectivity index (χ0) is 28.3. The van der Waals surface area contributed by atoms with Crippen LogP contribution in [0.15, 0.2) is 72.8 Å². The molecule has 212 valence electrons. The minimum Gasteiger partial charge on any atom is -0.481 e. The highest BCUT2D eigenvalue weighted by molar-refractivity contribution is 7.99. The molecule has 1 saturated heterocycles. The Hall–Kier alpha value is -3.21. The molecule has 3 aromatic carbocycles. The Bertz CT molecular complexity index is 1250. The number of carbonyl (C=O) groups excluding carboxylic acids is 1. The lowest BCUT2D eigenvalue weighted by Gasteiger charge is -2.36. The summed E-state index contributed by atoms with van der Waals surface area (Å²) in [5.41, 5.74) is 5.70. The Kier molecular flexibility index (Phi) is 11.1. The number of amides is 1. The normalized spacial score (nSPS) is 18.8. The summed E-state index contributed by atoms with van der Waals surface area (Å²) in [5.74, 6) is 0.123. The monoisotopic (exact) mass is 565 g/mol. The van der Waals surface area contributed by atoms with E-state index in [1.165, 1.54) is 0 Å². The molecule has 0 bridgehead atoms. The first-order chi connectivity index (χ1) is 19.4. The van der Waals surface area contributed by atoms with Crippen molar-refractivity contribution in [3.8, 4) is 11.1 Å². The number of aliphatic hydroxyl groups is 2. The second kappa shape index (κ2) is 15.0. The maximum atomic E-state index is 11.9. The minimum absolute atomic E-state index is 0.00531. The number of carboxylic acid groups (broad SMARTS) is 1. The molecule has 4 N–H and O–H groups in total. The van der Waals surface area contributed by atoms with Crippen molar-refractivity contribution in [1.29, 1.82) is 0 Å². The summed E-state index contributed by atoms with van der Waals surface area (Å²) >= 11 is 1.65. The molecule has 0 unspecified atom stereocenters. The zero-order valence-electron chi connectivity index (χ0n) is 22.2. The molecule has 1 aliphatic heterocycles. The van der Waals surface area contributed by atoms with Crippen molar-refractivity contribution in [3.05, 3.63) is 95.1 Å². The molecular weight excluding hydrogens is 530 g/mol. The first-order valence-electron chi connectivity index (χ1n) is 13.3. The van der Waals surface area contributed by atoms with Crippen LogP contribution >= 0.6 is 11.8 Å². The number of rotatable bonds is 13. The fourth-order valence-electron chi connectivity index (χ4n) is 4.51. The van der Waals surface area contributed by atoms with Crippen molar-refractivity contribution in [2.24, 2.45) is 0 Å². The number of thioether (sulfide) groups is 1. The van der Waals surface area contributed by atoms with Gasteiger partial charge in [0.05, 0.1) is 31.8 Å². The molecule has 1 aliphatic rings. The lowest BCUT2D eigenvalue weighted by molar-refractivity contribution is -0.245. The van der Waals surface area contributed by atoms with E-state index in [4.69, 9.17) is 14.6 Å². The number of hydrogen-bond acceptors (Lipinski definition) is 7. The summed E-state index contributed by atoms with van der Waals surface area (Å²) in [6.45, 7) is 0.447. The SMILES string of the molecule is O=C(O)CCC(=O)NCc1cccc(-c2ccc([C@H]3O[C@@H](CSCCO)C[C@@H](c4ccc(CO)cc4)O3)cc2)c1. The van der Waals surface area contributed by atoms with Crippen LogP contribution in [0.4, 0.5) is 0 Å². The fraction of sp³-hybridized carbons (Fsp3) is 0.355. The standard InChI is InChI=1S/C31H35NO7S/c33-14-15-40-20-27-17-28(24-6-4-21(19-34)5-7-24)39-31(38-27)25-10-8-23(9-11-25)26-3-1-2-22(16-26)18-32-29(35)12-13-30(36)37/h1-11,16,27-28,31,33-34H,12-15,17-20H2,(H,32,35)(H,36,37)/t27-,28+,31+/m1/s1. The molecule has 9 heteroatoms. The molecule has 40 heavy (non-hydrogen) atoms. The molecule has 3 atom stereocenters. The van der Waals surface area contributed by atoms with Crippen molar-refractivity contribution >= 4 is 23.6 Å². The van der Waals surface area contributed by atoms with Crippen LogP contribution in [-0.2, 0) is 32.2 Å². The van der Waals surface area contributed by atoms with Gasteiger partial charge in [-0.15, -0.1) is 0 Å². The van der Waals surface area contributed by atoms with Gasteiger partial charge in [0.15, 0.2) is 6.29 Å². The average Bonchev–Trinajstić information content (AvgIpc) is 2.99. The largest absolute Gasteiger partial charge is 0.481 e. The molecule has 0 aromatic heterocycles. The van der Waals surface area contributed by atoms with Crippen LogP contribution in [0.25, 0.3) is 11.1 Å². The fourth-order valence-corrected chi connectivity index (χ4v) is 5.28. The molecular formula is C31H35NO7S. The van der Waals surface area contributed by atoms with E-state index in [1.807, 2.05) is 72.8 Å². The third-order valence-corrected chi connectivity index (χ3v) is 7.73. The second-order valence-electron chi connectivity index (χ2n) is 9.64. The third-order valence-electron chi connectivity index (χ3n) is 6.65. The van der Waals surface area contributed by atoms with Gasteiger partial charge >= 0.3 is 5.97 Å². The molecule has 4 rings (SSSR count). The van der Waals surface area contributed by atoms with Crippen molar-refractivity contribution in [3.63, 3.8) is 0 Å². The first-order valence-corrected chi connectivity index (χ1v) is 14.5. The zero-order valence-corrected chi connectivity index (χ0v) is 23.0. The van der Waals surface area contributed by atoms with E-state index in [0.717, 1.165) is 39.1 Å². The molecule has 0 spiro atoms. The predicted molar refractivity (Wildman–Crippen MR) is 153 cm³/mol. The molecule has 3 aromatic rings. The average molecular weight is 566 g/mol. The Morgan fingerprint density at radius 3 is 2.33 bits per heavy atom. The quantitative estimate of drug-likeness (QED) is 0.222. The van der Waals surface area contributed by atoms with Gasteiger partial charge in [-0.05, 0) is 33.9 Å². The Balaban J connectivity index is 1.44. The van der Waals surface area contributed by atoms with Crippen molar-refractivity contribution < 1.29 is 34.4 Å². The number of nitrogens with one attached hydrogen (secondary N) is 1. The molecule has 1 fully saturated rings. The Labute approximate surface area is 238 Å². The van der Waals surface area contributed by atoms with Gasteiger partial charge in [0.2, 0.25) is 5.91 Å². The van der Waals surface area contributed by atoms with Crippen molar-refractivity contribution in [2.75, 3.05) is 18.1 Å². The number of aliphatic hydroxyl groups excluding tert-OH is 2. The molecule has 1 heterocycles. The number of carboxylic acids is 1. The lowest BCUT2D eigenvalue weighted by atomic mass is 9.99. The van der Waals surface area contributed by atoms with Gasteiger partial charge < -0.3 is 30.1 Å². The van der Waals surface area contributed by atoms with Crippen LogP contribution in [0.3, 0.4) is 0 Å². The molecule has 1 amide bonds. The van der Waals surface area contributed by atoms with Gasteiger partial charge in [0.25, 0.3) is 0 Å². The Morgan fingerprint density at radius 2 is 1.62 bits per heavy atom. The number of hydrogen-bond donors (Lipinski definition) is 4. The lowest BCUT2D eigenvalue weighted by Crippen LogP contribution is -2.31. The highest BCUT2D eigenvalue weighted by Gasteiger charge is 2.32. The van der Waals surface area contributed by atoms with E-state index in [0.29, 0.717) is 18.7 Å². The number of ether oxygens (including phenoxy) is 2. The molecule has 8 nitrogen and oxygen atoms in total. The van der Waals surface area contributed by atoms with Gasteiger partial charge in [0.1, 0.15) is 0 Å². The maximum Gasteiger partial charge on any atom is 0.303 e. The summed E-state index contributed by atoms with van der Waals surface area (Å²) in [6.07, 6.45) is -0.278. The van der Waals surface area contributed by atoms with E-state index in [-0.39, 0.29) is 44.2 Å². The maximum absolute atomic E-state index is 11.9. The summed E-state index contributed by atoms with van der Waals surface area (Å²) < 4.78 is 12.7. The van der Waals surface area contributed by atoms with E-state index < -0.39 is 12.3 Å². The van der Waals surface area contributed by atoms with E-state index in [9.17, 15) is 19.8 Å². The predicted octanol–water partition coefficient (Wildman–Crippen LogP) is 4.60. The van der Waals surface area contributed by atoms with Crippen molar-refractivity contribution in [2.45, 2.75) is 50.9 Å². The van der Waals surface area contributed by atoms with Gasteiger partial charge in [-0.1, -0.05) is 66.7 Å². The highest BCUT2D eigenvalue weighted by atomic mass is 32.2. The summed E-state index contributed by atoms with van der Waals surface area (Å²) in [4.78, 5) is 22.5. The summed E-state index contributed by atoms with van der Waals surface area (Å²) in [7, 11) is 0. The van der Waals surface area contributed by atoms with Crippen LogP contribution < -0.4 is 5.32 Å².